The van der Waals surface area contributed by atoms with Gasteiger partial charge in [0.2, 0.25) is 0 Å². The molecule has 1 aromatic rings. The fraction of sp³-hybridized carbons (Fsp3) is 0.611. The lowest BCUT2D eigenvalue weighted by atomic mass is 10.1. The number of carbonyl (C=O) groups is 1. The zero-order chi connectivity index (χ0) is 16.2. The topological polar surface area (TPSA) is 35.6 Å². The van der Waals surface area contributed by atoms with E-state index in [1.54, 1.807) is 0 Å². The summed E-state index contributed by atoms with van der Waals surface area (Å²) in [5.41, 5.74) is 1.08. The second kappa shape index (κ2) is 7.54. The maximum Gasteiger partial charge on any atom is 0.317 e. The molecule has 0 bridgehead atoms. The van der Waals surface area contributed by atoms with Crippen LogP contribution in [0.1, 0.15) is 44.2 Å². The van der Waals surface area contributed by atoms with E-state index in [9.17, 15) is 4.79 Å². The van der Waals surface area contributed by atoms with Gasteiger partial charge in [0.1, 0.15) is 0 Å². The summed E-state index contributed by atoms with van der Waals surface area (Å²) >= 11 is 5.91. The van der Waals surface area contributed by atoms with E-state index in [0.717, 1.165) is 42.8 Å². The Hall–Kier alpha value is -1.26. The van der Waals surface area contributed by atoms with Gasteiger partial charge in [-0.05, 0) is 37.5 Å². The van der Waals surface area contributed by atoms with E-state index in [2.05, 4.69) is 10.2 Å². The molecule has 3 rings (SSSR count). The summed E-state index contributed by atoms with van der Waals surface area (Å²) in [6, 6.07) is 8.44. The number of carbonyl (C=O) groups excluding carboxylic acids is 1. The monoisotopic (exact) mass is 335 g/mol. The summed E-state index contributed by atoms with van der Waals surface area (Å²) in [7, 11) is 0. The van der Waals surface area contributed by atoms with Crippen LogP contribution >= 0.6 is 11.6 Å². The highest BCUT2D eigenvalue weighted by Gasteiger charge is 2.28. The Morgan fingerprint density at radius 3 is 2.35 bits per heavy atom. The average molecular weight is 336 g/mol. The normalized spacial score (nSPS) is 21.4. The molecule has 1 atom stereocenters. The number of halogens is 1. The van der Waals surface area contributed by atoms with Crippen molar-refractivity contribution in [3.05, 3.63) is 34.9 Å². The number of benzene rings is 1. The Labute approximate surface area is 143 Å². The third-order valence-corrected chi connectivity index (χ3v) is 5.40. The fourth-order valence-corrected chi connectivity index (χ4v) is 3.80. The molecule has 1 N–H and O–H groups in total. The number of nitrogens with zero attached hydrogens (tertiary/aromatic N) is 2. The van der Waals surface area contributed by atoms with Crippen LogP contribution in [0.4, 0.5) is 4.79 Å². The van der Waals surface area contributed by atoms with Crippen LogP contribution < -0.4 is 5.32 Å². The number of amides is 2. The standard InChI is InChI=1S/C18H26ClN3O/c1-14(15-6-8-16(19)9-7-15)20-18(23)22-12-10-21(11-13-22)17-4-2-3-5-17/h6-9,14,17H,2-5,10-13H2,1H3,(H,20,23). The van der Waals surface area contributed by atoms with Gasteiger partial charge in [-0.3, -0.25) is 4.90 Å². The lowest BCUT2D eigenvalue weighted by Gasteiger charge is -2.38. The number of rotatable bonds is 3. The molecular weight excluding hydrogens is 310 g/mol. The highest BCUT2D eigenvalue weighted by Crippen LogP contribution is 2.24. The van der Waals surface area contributed by atoms with Crippen molar-refractivity contribution in [2.45, 2.75) is 44.7 Å². The minimum absolute atomic E-state index is 0.00683. The Morgan fingerprint density at radius 1 is 1.13 bits per heavy atom. The molecule has 4 nitrogen and oxygen atoms in total. The summed E-state index contributed by atoms with van der Waals surface area (Å²) in [5.74, 6) is 0. The van der Waals surface area contributed by atoms with Crippen LogP contribution in [0.2, 0.25) is 5.02 Å². The van der Waals surface area contributed by atoms with Gasteiger partial charge in [-0.15, -0.1) is 0 Å². The molecule has 2 amide bonds. The number of hydrogen-bond acceptors (Lipinski definition) is 2. The minimum Gasteiger partial charge on any atom is -0.331 e. The largest absolute Gasteiger partial charge is 0.331 e. The van der Waals surface area contributed by atoms with E-state index >= 15 is 0 Å². The molecule has 1 unspecified atom stereocenters. The van der Waals surface area contributed by atoms with Crippen LogP contribution in [0.15, 0.2) is 24.3 Å². The quantitative estimate of drug-likeness (QED) is 0.914. The predicted molar refractivity (Wildman–Crippen MR) is 93.8 cm³/mol. The van der Waals surface area contributed by atoms with Crippen molar-refractivity contribution < 1.29 is 4.79 Å². The summed E-state index contributed by atoms with van der Waals surface area (Å²) in [6.07, 6.45) is 5.40. The second-order valence-electron chi connectivity index (χ2n) is 6.68. The smallest absolute Gasteiger partial charge is 0.317 e. The van der Waals surface area contributed by atoms with Gasteiger partial charge in [0.15, 0.2) is 0 Å². The van der Waals surface area contributed by atoms with Gasteiger partial charge in [-0.1, -0.05) is 36.6 Å². The lowest BCUT2D eigenvalue weighted by molar-refractivity contribution is 0.108. The van der Waals surface area contributed by atoms with Crippen molar-refractivity contribution in [2.75, 3.05) is 26.2 Å². The molecule has 23 heavy (non-hydrogen) atoms. The number of nitrogens with one attached hydrogen (secondary N) is 1. The zero-order valence-electron chi connectivity index (χ0n) is 13.8. The molecule has 1 aliphatic heterocycles. The van der Waals surface area contributed by atoms with Crippen molar-refractivity contribution in [1.82, 2.24) is 15.1 Å². The average Bonchev–Trinajstić information content (AvgIpc) is 3.10. The molecule has 1 aliphatic carbocycles. The highest BCUT2D eigenvalue weighted by atomic mass is 35.5. The first kappa shape index (κ1) is 16.6. The summed E-state index contributed by atoms with van der Waals surface area (Å²) < 4.78 is 0. The fourth-order valence-electron chi connectivity index (χ4n) is 3.67. The molecule has 0 radical (unpaired) electrons. The lowest BCUT2D eigenvalue weighted by Crippen LogP contribution is -2.54. The Morgan fingerprint density at radius 2 is 1.74 bits per heavy atom. The SMILES string of the molecule is CC(NC(=O)N1CCN(C2CCCC2)CC1)c1ccc(Cl)cc1. The number of piperazine rings is 1. The van der Waals surface area contributed by atoms with E-state index in [4.69, 9.17) is 11.6 Å². The molecule has 0 aromatic heterocycles. The van der Waals surface area contributed by atoms with Crippen LogP contribution in [0.5, 0.6) is 0 Å². The van der Waals surface area contributed by atoms with Crippen LogP contribution in [0.3, 0.4) is 0 Å². The summed E-state index contributed by atoms with van der Waals surface area (Å²) in [4.78, 5) is 17.0. The van der Waals surface area contributed by atoms with Crippen LogP contribution in [0, 0.1) is 0 Å². The molecule has 1 saturated carbocycles. The highest BCUT2D eigenvalue weighted by molar-refractivity contribution is 6.30. The summed E-state index contributed by atoms with van der Waals surface area (Å²) in [6.45, 7) is 5.68. The van der Waals surface area contributed by atoms with E-state index < -0.39 is 0 Å². The van der Waals surface area contributed by atoms with E-state index in [-0.39, 0.29) is 12.1 Å². The maximum atomic E-state index is 12.4. The third kappa shape index (κ3) is 4.18. The van der Waals surface area contributed by atoms with Gasteiger partial charge in [0.05, 0.1) is 6.04 Å². The molecule has 1 saturated heterocycles. The van der Waals surface area contributed by atoms with Gasteiger partial charge >= 0.3 is 6.03 Å². The van der Waals surface area contributed by atoms with Gasteiger partial charge in [0, 0.05) is 37.2 Å². The molecule has 126 valence electrons. The van der Waals surface area contributed by atoms with Crippen LogP contribution in [-0.2, 0) is 0 Å². The Bertz CT molecular complexity index is 520. The second-order valence-corrected chi connectivity index (χ2v) is 7.12. The molecule has 2 fully saturated rings. The first-order chi connectivity index (χ1) is 11.1. The van der Waals surface area contributed by atoms with Crippen molar-refractivity contribution in [2.24, 2.45) is 0 Å². The number of urea groups is 1. The maximum absolute atomic E-state index is 12.4. The minimum atomic E-state index is -0.00683. The van der Waals surface area contributed by atoms with E-state index in [1.165, 1.54) is 25.7 Å². The van der Waals surface area contributed by atoms with Crippen LogP contribution in [-0.4, -0.2) is 48.1 Å². The molecule has 2 aliphatic rings. The predicted octanol–water partition coefficient (Wildman–Crippen LogP) is 3.67. The van der Waals surface area contributed by atoms with Crippen LogP contribution in [0.25, 0.3) is 0 Å². The van der Waals surface area contributed by atoms with Crippen molar-refractivity contribution in [3.63, 3.8) is 0 Å². The van der Waals surface area contributed by atoms with E-state index in [1.807, 2.05) is 36.1 Å². The van der Waals surface area contributed by atoms with Crippen molar-refractivity contribution in [3.8, 4) is 0 Å². The molecule has 1 heterocycles. The van der Waals surface area contributed by atoms with Crippen molar-refractivity contribution >= 4 is 17.6 Å². The van der Waals surface area contributed by atoms with Crippen molar-refractivity contribution in [1.29, 1.82) is 0 Å². The first-order valence-corrected chi connectivity index (χ1v) is 9.06. The Balaban J connectivity index is 1.48. The van der Waals surface area contributed by atoms with Gasteiger partial charge < -0.3 is 10.2 Å². The van der Waals surface area contributed by atoms with Gasteiger partial charge in [-0.25, -0.2) is 4.79 Å². The third-order valence-electron chi connectivity index (χ3n) is 5.15. The number of hydrogen-bond donors (Lipinski definition) is 1. The van der Waals surface area contributed by atoms with E-state index in [0.29, 0.717) is 0 Å². The van der Waals surface area contributed by atoms with Gasteiger partial charge in [0.25, 0.3) is 0 Å². The summed E-state index contributed by atoms with van der Waals surface area (Å²) in [5, 5.41) is 3.81. The zero-order valence-corrected chi connectivity index (χ0v) is 14.6. The first-order valence-electron chi connectivity index (χ1n) is 8.68. The Kier molecular flexibility index (Phi) is 5.44. The molecule has 5 heteroatoms. The molecular formula is C18H26ClN3O. The molecule has 0 spiro atoms. The van der Waals surface area contributed by atoms with Gasteiger partial charge in [-0.2, -0.15) is 0 Å². The molecule has 1 aromatic carbocycles.